The van der Waals surface area contributed by atoms with Gasteiger partial charge >= 0.3 is 5.97 Å². The number of hydrogen-bond acceptors (Lipinski definition) is 4. The fourth-order valence-corrected chi connectivity index (χ4v) is 3.07. The minimum absolute atomic E-state index is 0.282. The van der Waals surface area contributed by atoms with Crippen molar-refractivity contribution in [1.29, 1.82) is 5.41 Å². The third-order valence-corrected chi connectivity index (χ3v) is 4.31. The van der Waals surface area contributed by atoms with Crippen molar-refractivity contribution in [3.05, 3.63) is 54.1 Å². The van der Waals surface area contributed by atoms with Crippen LogP contribution in [0.15, 0.2) is 48.5 Å². The highest BCUT2D eigenvalue weighted by molar-refractivity contribution is 5.98. The summed E-state index contributed by atoms with van der Waals surface area (Å²) in [6, 6.07) is 16.0. The van der Waals surface area contributed by atoms with Crippen LogP contribution in [0.25, 0.3) is 11.1 Å². The lowest BCUT2D eigenvalue weighted by Crippen LogP contribution is -2.36. The number of methoxy groups -OCH3 is 1. The summed E-state index contributed by atoms with van der Waals surface area (Å²) in [6.45, 7) is 2.57. The molecule has 0 unspecified atom stereocenters. The standard InChI is InChI=1S/C19H20N2O2/c1-13-5-3-4-6-17(13)14-7-9-16(10-8-14)21-12-15(20)11-18(21)19(22)23-2/h3-10,18,20H,11-12H2,1-2H3/t18-/m0/s1. The molecule has 0 aromatic heterocycles. The summed E-state index contributed by atoms with van der Waals surface area (Å²) in [5.74, 6) is -0.282. The fraction of sp³-hybridized carbons (Fsp3) is 0.263. The van der Waals surface area contributed by atoms with Crippen molar-refractivity contribution in [1.82, 2.24) is 0 Å². The number of hydrogen-bond donors (Lipinski definition) is 1. The Morgan fingerprint density at radius 3 is 2.52 bits per heavy atom. The Kier molecular flexibility index (Phi) is 4.15. The summed E-state index contributed by atoms with van der Waals surface area (Å²) in [5.41, 5.74) is 5.09. The fourth-order valence-electron chi connectivity index (χ4n) is 3.07. The molecule has 0 bridgehead atoms. The second-order valence-electron chi connectivity index (χ2n) is 5.84. The molecule has 1 fully saturated rings. The average Bonchev–Trinajstić information content (AvgIpc) is 2.97. The van der Waals surface area contributed by atoms with Crippen LogP contribution in [-0.4, -0.2) is 31.4 Å². The Morgan fingerprint density at radius 2 is 1.87 bits per heavy atom. The van der Waals surface area contributed by atoms with Crippen LogP contribution in [0.1, 0.15) is 12.0 Å². The third-order valence-electron chi connectivity index (χ3n) is 4.31. The molecule has 23 heavy (non-hydrogen) atoms. The normalized spacial score (nSPS) is 17.4. The van der Waals surface area contributed by atoms with Crippen LogP contribution in [0, 0.1) is 12.3 Å². The van der Waals surface area contributed by atoms with E-state index in [-0.39, 0.29) is 5.97 Å². The number of esters is 1. The van der Waals surface area contributed by atoms with Gasteiger partial charge in [0, 0.05) is 17.8 Å². The molecular weight excluding hydrogens is 288 g/mol. The van der Waals surface area contributed by atoms with Gasteiger partial charge in [0.15, 0.2) is 0 Å². The molecule has 1 aliphatic heterocycles. The van der Waals surface area contributed by atoms with Gasteiger partial charge in [0.2, 0.25) is 0 Å². The summed E-state index contributed by atoms with van der Waals surface area (Å²) in [4.78, 5) is 13.9. The molecule has 4 nitrogen and oxygen atoms in total. The lowest BCUT2D eigenvalue weighted by molar-refractivity contribution is -0.141. The highest BCUT2D eigenvalue weighted by Crippen LogP contribution is 2.29. The molecule has 3 rings (SSSR count). The van der Waals surface area contributed by atoms with E-state index < -0.39 is 6.04 Å². The zero-order valence-electron chi connectivity index (χ0n) is 13.4. The Morgan fingerprint density at radius 1 is 1.17 bits per heavy atom. The number of nitrogens with one attached hydrogen (secondary N) is 1. The van der Waals surface area contributed by atoms with Crippen LogP contribution in [0.3, 0.4) is 0 Å². The smallest absolute Gasteiger partial charge is 0.328 e. The van der Waals surface area contributed by atoms with Crippen LogP contribution >= 0.6 is 0 Å². The summed E-state index contributed by atoms with van der Waals surface area (Å²) >= 11 is 0. The van der Waals surface area contributed by atoms with Gasteiger partial charge in [-0.2, -0.15) is 0 Å². The molecule has 2 aromatic carbocycles. The Bertz CT molecular complexity index is 737. The molecule has 0 spiro atoms. The van der Waals surface area contributed by atoms with Gasteiger partial charge in [-0.05, 0) is 35.7 Å². The molecule has 0 amide bonds. The number of aryl methyl sites for hydroxylation is 1. The van der Waals surface area contributed by atoms with E-state index in [1.165, 1.54) is 18.2 Å². The van der Waals surface area contributed by atoms with Crippen LogP contribution in [0.5, 0.6) is 0 Å². The molecule has 0 aliphatic carbocycles. The molecule has 1 heterocycles. The van der Waals surface area contributed by atoms with Gasteiger partial charge in [-0.15, -0.1) is 0 Å². The van der Waals surface area contributed by atoms with Crippen molar-refractivity contribution in [3.63, 3.8) is 0 Å². The van der Waals surface area contributed by atoms with Crippen molar-refractivity contribution in [3.8, 4) is 11.1 Å². The first kappa shape index (κ1) is 15.3. The predicted molar refractivity (Wildman–Crippen MR) is 92.1 cm³/mol. The second-order valence-corrected chi connectivity index (χ2v) is 5.84. The van der Waals surface area contributed by atoms with Crippen LogP contribution in [0.2, 0.25) is 0 Å². The van der Waals surface area contributed by atoms with E-state index in [1.807, 2.05) is 29.2 Å². The van der Waals surface area contributed by atoms with E-state index in [4.69, 9.17) is 10.1 Å². The Balaban J connectivity index is 1.89. The number of nitrogens with zero attached hydrogens (tertiary/aromatic N) is 1. The van der Waals surface area contributed by atoms with E-state index in [0.717, 1.165) is 11.3 Å². The summed E-state index contributed by atoms with van der Waals surface area (Å²) in [5, 5.41) is 7.88. The third kappa shape index (κ3) is 2.97. The molecule has 118 valence electrons. The molecule has 4 heteroatoms. The number of ether oxygens (including phenoxy) is 1. The summed E-state index contributed by atoms with van der Waals surface area (Å²) in [6.07, 6.45) is 0.437. The quantitative estimate of drug-likeness (QED) is 0.884. The molecule has 1 saturated heterocycles. The van der Waals surface area contributed by atoms with Crippen molar-refractivity contribution < 1.29 is 9.53 Å². The van der Waals surface area contributed by atoms with Crippen LogP contribution in [-0.2, 0) is 9.53 Å². The van der Waals surface area contributed by atoms with Gasteiger partial charge < -0.3 is 15.0 Å². The first-order chi connectivity index (χ1) is 11.1. The lowest BCUT2D eigenvalue weighted by atomic mass is 10.0. The molecule has 2 aromatic rings. The number of benzene rings is 2. The minimum atomic E-state index is -0.392. The number of carbonyl (C=O) groups excluding carboxylic acids is 1. The zero-order chi connectivity index (χ0) is 16.4. The molecule has 0 radical (unpaired) electrons. The van der Waals surface area contributed by atoms with Crippen molar-refractivity contribution in [2.45, 2.75) is 19.4 Å². The zero-order valence-corrected chi connectivity index (χ0v) is 13.4. The van der Waals surface area contributed by atoms with E-state index >= 15 is 0 Å². The van der Waals surface area contributed by atoms with E-state index in [1.54, 1.807) is 0 Å². The molecule has 1 aliphatic rings. The predicted octanol–water partition coefficient (Wildman–Crippen LogP) is 3.43. The molecule has 1 atom stereocenters. The van der Waals surface area contributed by atoms with E-state index in [0.29, 0.717) is 18.7 Å². The maximum atomic E-state index is 11.9. The summed E-state index contributed by atoms with van der Waals surface area (Å²) in [7, 11) is 1.39. The van der Waals surface area contributed by atoms with Gasteiger partial charge in [0.1, 0.15) is 6.04 Å². The monoisotopic (exact) mass is 308 g/mol. The topological polar surface area (TPSA) is 53.4 Å². The SMILES string of the molecule is COC(=O)[C@@H]1CC(=N)CN1c1ccc(-c2ccccc2C)cc1. The van der Waals surface area contributed by atoms with Crippen LogP contribution in [0.4, 0.5) is 5.69 Å². The molecular formula is C19H20N2O2. The van der Waals surface area contributed by atoms with Crippen molar-refractivity contribution >= 4 is 17.4 Å². The molecule has 1 N–H and O–H groups in total. The van der Waals surface area contributed by atoms with Crippen molar-refractivity contribution in [2.75, 3.05) is 18.6 Å². The van der Waals surface area contributed by atoms with Gasteiger partial charge in [-0.1, -0.05) is 36.4 Å². The van der Waals surface area contributed by atoms with E-state index in [9.17, 15) is 4.79 Å². The van der Waals surface area contributed by atoms with Gasteiger partial charge in [-0.25, -0.2) is 4.79 Å². The average molecular weight is 308 g/mol. The second kappa shape index (κ2) is 6.24. The maximum absolute atomic E-state index is 11.9. The number of anilines is 1. The lowest BCUT2D eigenvalue weighted by Gasteiger charge is -2.24. The number of carbonyl (C=O) groups is 1. The maximum Gasteiger partial charge on any atom is 0.328 e. The van der Waals surface area contributed by atoms with Gasteiger partial charge in [-0.3, -0.25) is 0 Å². The van der Waals surface area contributed by atoms with Gasteiger partial charge in [0.05, 0.1) is 13.7 Å². The highest BCUT2D eigenvalue weighted by Gasteiger charge is 2.34. The van der Waals surface area contributed by atoms with E-state index in [2.05, 4.69) is 31.2 Å². The Labute approximate surface area is 136 Å². The number of rotatable bonds is 3. The largest absolute Gasteiger partial charge is 0.467 e. The van der Waals surface area contributed by atoms with Crippen LogP contribution < -0.4 is 4.90 Å². The summed E-state index contributed by atoms with van der Waals surface area (Å²) < 4.78 is 4.87. The first-order valence-corrected chi connectivity index (χ1v) is 7.67. The minimum Gasteiger partial charge on any atom is -0.467 e. The highest BCUT2D eigenvalue weighted by atomic mass is 16.5. The van der Waals surface area contributed by atoms with Gasteiger partial charge in [0.25, 0.3) is 0 Å². The van der Waals surface area contributed by atoms with Crippen molar-refractivity contribution in [2.24, 2.45) is 0 Å². The molecule has 0 saturated carbocycles. The first-order valence-electron chi connectivity index (χ1n) is 7.67. The Hall–Kier alpha value is -2.62.